The summed E-state index contributed by atoms with van der Waals surface area (Å²) < 4.78 is 5.49. The van der Waals surface area contributed by atoms with Crippen molar-refractivity contribution in [3.8, 4) is 0 Å². The van der Waals surface area contributed by atoms with Gasteiger partial charge in [0.1, 0.15) is 12.1 Å². The number of carbonyl (C=O) groups is 4. The lowest BCUT2D eigenvalue weighted by molar-refractivity contribution is -0.152. The molecule has 1 saturated carbocycles. The Morgan fingerprint density at radius 1 is 0.949 bits per heavy atom. The number of nitrogens with zero attached hydrogens (tertiary/aromatic N) is 3. The maximum atomic E-state index is 13.7. The molecule has 3 fully saturated rings. The lowest BCUT2D eigenvalue weighted by atomic mass is 9.96. The van der Waals surface area contributed by atoms with E-state index >= 15 is 0 Å². The van der Waals surface area contributed by atoms with E-state index in [1.165, 1.54) is 0 Å². The molecule has 220 valence electrons. The number of nitrogens with one attached hydrogen (secondary N) is 1. The monoisotopic (exact) mass is 546 g/mol. The predicted molar refractivity (Wildman–Crippen MR) is 151 cm³/mol. The van der Waals surface area contributed by atoms with Gasteiger partial charge in [0.25, 0.3) is 0 Å². The van der Waals surface area contributed by atoms with Gasteiger partial charge in [0.05, 0.1) is 18.7 Å². The van der Waals surface area contributed by atoms with Gasteiger partial charge in [0.15, 0.2) is 0 Å². The van der Waals surface area contributed by atoms with Crippen molar-refractivity contribution in [1.29, 1.82) is 0 Å². The summed E-state index contributed by atoms with van der Waals surface area (Å²) in [6.07, 6.45) is 8.29. The Hall–Kier alpha value is -2.42. The maximum Gasteiger partial charge on any atom is 0.328 e. The number of esters is 1. The van der Waals surface area contributed by atoms with Gasteiger partial charge in [0, 0.05) is 19.2 Å². The summed E-state index contributed by atoms with van der Waals surface area (Å²) in [7, 11) is 3.70. The molecule has 9 heteroatoms. The van der Waals surface area contributed by atoms with E-state index < -0.39 is 12.1 Å². The zero-order valence-corrected chi connectivity index (χ0v) is 25.1. The van der Waals surface area contributed by atoms with E-state index in [2.05, 4.69) is 10.2 Å². The molecule has 1 N–H and O–H groups in total. The van der Waals surface area contributed by atoms with Crippen molar-refractivity contribution in [3.63, 3.8) is 0 Å². The van der Waals surface area contributed by atoms with Crippen LogP contribution >= 0.6 is 0 Å². The minimum Gasteiger partial charge on any atom is -0.464 e. The van der Waals surface area contributed by atoms with Crippen LogP contribution in [0.25, 0.3) is 0 Å². The van der Waals surface area contributed by atoms with Crippen LogP contribution in [0, 0.1) is 17.8 Å². The average molecular weight is 547 g/mol. The zero-order valence-electron chi connectivity index (χ0n) is 25.1. The molecule has 0 radical (unpaired) electrons. The number of hydrogen-bond acceptors (Lipinski definition) is 6. The number of likely N-dealkylation sites (N-methyl/N-ethyl adjacent to an activating group) is 2. The van der Waals surface area contributed by atoms with E-state index in [1.54, 1.807) is 23.8 Å². The second-order valence-corrected chi connectivity index (χ2v) is 12.5. The van der Waals surface area contributed by atoms with Crippen LogP contribution in [0.2, 0.25) is 0 Å². The molecule has 0 aromatic heterocycles. The third-order valence-electron chi connectivity index (χ3n) is 8.48. The molecule has 1 aliphatic carbocycles. The first-order valence-corrected chi connectivity index (χ1v) is 14.9. The Labute approximate surface area is 234 Å². The molecule has 3 rings (SSSR count). The van der Waals surface area contributed by atoms with Gasteiger partial charge >= 0.3 is 5.97 Å². The highest BCUT2D eigenvalue weighted by Crippen LogP contribution is 2.30. The second-order valence-electron chi connectivity index (χ2n) is 12.5. The van der Waals surface area contributed by atoms with Gasteiger partial charge in [-0.3, -0.25) is 19.3 Å². The number of carbonyl (C=O) groups excluding carboxylic acids is 4. The fourth-order valence-electron chi connectivity index (χ4n) is 5.68. The topological polar surface area (TPSA) is 99.3 Å². The molecule has 2 aliphatic heterocycles. The molecule has 2 heterocycles. The number of rotatable bonds is 11. The molecule has 0 bridgehead atoms. The highest BCUT2D eigenvalue weighted by atomic mass is 16.5. The Morgan fingerprint density at radius 3 is 2.21 bits per heavy atom. The van der Waals surface area contributed by atoms with E-state index in [0.29, 0.717) is 31.1 Å². The van der Waals surface area contributed by atoms with Crippen LogP contribution in [0.15, 0.2) is 11.6 Å². The number of likely N-dealkylation sites (tertiary alicyclic amines) is 2. The van der Waals surface area contributed by atoms with Crippen molar-refractivity contribution in [3.05, 3.63) is 11.6 Å². The third-order valence-corrected chi connectivity index (χ3v) is 8.48. The van der Waals surface area contributed by atoms with Gasteiger partial charge in [0.2, 0.25) is 17.7 Å². The quantitative estimate of drug-likeness (QED) is 0.316. The smallest absolute Gasteiger partial charge is 0.328 e. The Kier molecular flexibility index (Phi) is 11.0. The largest absolute Gasteiger partial charge is 0.464 e. The Morgan fingerprint density at radius 2 is 1.62 bits per heavy atom. The van der Waals surface area contributed by atoms with E-state index in [4.69, 9.17) is 4.74 Å². The van der Waals surface area contributed by atoms with Crippen LogP contribution < -0.4 is 5.32 Å². The number of ether oxygens (including phenoxy) is 1. The molecule has 4 atom stereocenters. The van der Waals surface area contributed by atoms with Gasteiger partial charge in [-0.05, 0) is 76.8 Å². The summed E-state index contributed by atoms with van der Waals surface area (Å²) in [5, 5.41) is 3.04. The Bertz CT molecular complexity index is 928. The van der Waals surface area contributed by atoms with Crippen LogP contribution in [0.5, 0.6) is 0 Å². The van der Waals surface area contributed by atoms with Crippen molar-refractivity contribution in [2.24, 2.45) is 17.8 Å². The van der Waals surface area contributed by atoms with Crippen molar-refractivity contribution in [2.45, 2.75) is 104 Å². The lowest BCUT2D eigenvalue weighted by Gasteiger charge is -2.36. The van der Waals surface area contributed by atoms with Crippen LogP contribution in [0.4, 0.5) is 0 Å². The van der Waals surface area contributed by atoms with E-state index in [-0.39, 0.29) is 47.6 Å². The summed E-state index contributed by atoms with van der Waals surface area (Å²) in [5.41, 5.74) is 0.504. The van der Waals surface area contributed by atoms with E-state index in [1.807, 2.05) is 40.8 Å². The van der Waals surface area contributed by atoms with Gasteiger partial charge in [-0.2, -0.15) is 0 Å². The molecule has 1 unspecified atom stereocenters. The van der Waals surface area contributed by atoms with Crippen LogP contribution in [-0.2, 0) is 23.9 Å². The fourth-order valence-corrected chi connectivity index (χ4v) is 5.68. The van der Waals surface area contributed by atoms with Crippen LogP contribution in [0.1, 0.15) is 79.6 Å². The Balaban J connectivity index is 1.70. The molecule has 0 spiro atoms. The second kappa shape index (κ2) is 13.8. The van der Waals surface area contributed by atoms with Gasteiger partial charge in [-0.25, -0.2) is 4.79 Å². The maximum absolute atomic E-state index is 13.7. The summed E-state index contributed by atoms with van der Waals surface area (Å²) in [6, 6.07) is -1.77. The predicted octanol–water partition coefficient (Wildman–Crippen LogP) is 2.99. The first kappa shape index (κ1) is 31.1. The summed E-state index contributed by atoms with van der Waals surface area (Å²) in [6.45, 7) is 11.5. The molecular formula is C30H50N4O5. The van der Waals surface area contributed by atoms with E-state index in [9.17, 15) is 19.2 Å². The summed E-state index contributed by atoms with van der Waals surface area (Å²) in [5.74, 6) is -0.362. The number of amides is 3. The minimum atomic E-state index is -0.660. The van der Waals surface area contributed by atoms with Crippen LogP contribution in [0.3, 0.4) is 0 Å². The van der Waals surface area contributed by atoms with Crippen molar-refractivity contribution >= 4 is 23.7 Å². The highest BCUT2D eigenvalue weighted by Gasteiger charge is 2.38. The van der Waals surface area contributed by atoms with Gasteiger partial charge in [-0.1, -0.05) is 40.2 Å². The molecule has 2 saturated heterocycles. The first-order valence-electron chi connectivity index (χ1n) is 14.9. The average Bonchev–Trinajstić information content (AvgIpc) is 3.60. The molecule has 0 aromatic carbocycles. The molecule has 3 aliphatic rings. The fraction of sp³-hybridized carbons (Fsp3) is 0.800. The van der Waals surface area contributed by atoms with Crippen LogP contribution in [-0.4, -0.2) is 96.3 Å². The highest BCUT2D eigenvalue weighted by molar-refractivity contribution is 5.96. The molecule has 39 heavy (non-hydrogen) atoms. The zero-order chi connectivity index (χ0) is 28.9. The summed E-state index contributed by atoms with van der Waals surface area (Å²) in [4.78, 5) is 58.3. The molecule has 3 amide bonds. The standard InChI is InChI=1S/C30H50N4O5/c1-19(2)25(17-21(5)28(36)34-16-10-12-24(34)30(38)39-18-22-13-14-22)33(7)29(37)26(20(3)4)31-27(35)23-11-8-9-15-32(23)6/h17,19-20,22-26H,8-16,18H2,1-7H3,(H,31,35)/b21-17+/t23?,24-,25+,26-/m0/s1. The van der Waals surface area contributed by atoms with Crippen molar-refractivity contribution < 1.29 is 23.9 Å². The van der Waals surface area contributed by atoms with E-state index in [0.717, 1.165) is 45.1 Å². The number of hydrogen-bond donors (Lipinski definition) is 1. The SMILES string of the molecule is C/C(=C\[C@H](C(C)C)N(C)C(=O)[C@@H](NC(=O)C1CCCCN1C)C(C)C)C(=O)N1CCC[C@H]1C(=O)OCC1CC1. The number of piperidine rings is 1. The normalized spacial score (nSPS) is 24.0. The summed E-state index contributed by atoms with van der Waals surface area (Å²) >= 11 is 0. The van der Waals surface area contributed by atoms with Gasteiger partial charge in [-0.15, -0.1) is 0 Å². The van der Waals surface area contributed by atoms with Crippen molar-refractivity contribution in [2.75, 3.05) is 33.8 Å². The molecule has 9 nitrogen and oxygen atoms in total. The lowest BCUT2D eigenvalue weighted by Crippen LogP contribution is -2.57. The first-order chi connectivity index (χ1) is 18.4. The molecular weight excluding hydrogens is 496 g/mol. The molecule has 0 aromatic rings. The van der Waals surface area contributed by atoms with Gasteiger partial charge < -0.3 is 19.9 Å². The minimum absolute atomic E-state index is 0.0348. The third kappa shape index (κ3) is 8.05. The van der Waals surface area contributed by atoms with Crippen molar-refractivity contribution in [1.82, 2.24) is 20.0 Å².